The highest BCUT2D eigenvalue weighted by Gasteiger charge is 2.31. The number of rotatable bonds is 4. The molecule has 0 aromatic carbocycles. The van der Waals surface area contributed by atoms with Crippen molar-refractivity contribution in [1.82, 2.24) is 9.71 Å². The lowest BCUT2D eigenvalue weighted by Crippen LogP contribution is -2.42. The number of hydrogen-bond acceptors (Lipinski definition) is 4. The van der Waals surface area contributed by atoms with E-state index in [0.717, 1.165) is 31.7 Å². The Labute approximate surface area is 118 Å². The standard InChI is InChI=1S/C13H19FN2O3S/c14-11-6-5-9-15-12(11)20(18,19)16-10-13(17)7-3-1-2-4-8-13/h5-6,9,16-17H,1-4,7-8,10H2. The van der Waals surface area contributed by atoms with Crippen LogP contribution in [0.3, 0.4) is 0 Å². The van der Waals surface area contributed by atoms with Gasteiger partial charge in [0.15, 0.2) is 5.82 Å². The molecule has 20 heavy (non-hydrogen) atoms. The van der Waals surface area contributed by atoms with Crippen molar-refractivity contribution in [3.63, 3.8) is 0 Å². The molecule has 0 amide bonds. The number of aliphatic hydroxyl groups is 1. The molecule has 0 unspecified atom stereocenters. The second-order valence-electron chi connectivity index (χ2n) is 5.25. The molecular weight excluding hydrogens is 283 g/mol. The Bertz CT molecular complexity index is 554. The van der Waals surface area contributed by atoms with Gasteiger partial charge in [0.25, 0.3) is 10.0 Å². The van der Waals surface area contributed by atoms with E-state index in [1.54, 1.807) is 0 Å². The molecule has 0 spiro atoms. The van der Waals surface area contributed by atoms with Crippen LogP contribution >= 0.6 is 0 Å². The fraction of sp³-hybridized carbons (Fsp3) is 0.615. The summed E-state index contributed by atoms with van der Waals surface area (Å²) in [6.45, 7) is -0.106. The van der Waals surface area contributed by atoms with E-state index in [1.807, 2.05) is 0 Å². The first kappa shape index (κ1) is 15.3. The predicted molar refractivity (Wildman–Crippen MR) is 72.0 cm³/mol. The summed E-state index contributed by atoms with van der Waals surface area (Å²) in [6.07, 6.45) is 6.17. The molecule has 5 nitrogen and oxygen atoms in total. The third-order valence-corrected chi connectivity index (χ3v) is 4.94. The van der Waals surface area contributed by atoms with Crippen LogP contribution in [0.1, 0.15) is 38.5 Å². The summed E-state index contributed by atoms with van der Waals surface area (Å²) in [5.74, 6) is -0.896. The van der Waals surface area contributed by atoms with Crippen molar-refractivity contribution in [3.8, 4) is 0 Å². The molecule has 7 heteroatoms. The fourth-order valence-corrected chi connectivity index (χ4v) is 3.55. The first-order valence-corrected chi connectivity index (χ1v) is 8.24. The molecular formula is C13H19FN2O3S. The number of sulfonamides is 1. The van der Waals surface area contributed by atoms with Crippen molar-refractivity contribution < 1.29 is 17.9 Å². The molecule has 1 aromatic heterocycles. The molecule has 2 rings (SSSR count). The van der Waals surface area contributed by atoms with Gasteiger partial charge in [0.05, 0.1) is 5.60 Å². The van der Waals surface area contributed by atoms with Gasteiger partial charge in [0, 0.05) is 12.7 Å². The highest BCUT2D eigenvalue weighted by Crippen LogP contribution is 2.26. The highest BCUT2D eigenvalue weighted by molar-refractivity contribution is 7.89. The molecule has 0 aliphatic heterocycles. The lowest BCUT2D eigenvalue weighted by molar-refractivity contribution is 0.0303. The van der Waals surface area contributed by atoms with E-state index in [-0.39, 0.29) is 6.54 Å². The van der Waals surface area contributed by atoms with E-state index in [0.29, 0.717) is 12.8 Å². The molecule has 0 saturated heterocycles. The first-order chi connectivity index (χ1) is 9.43. The molecule has 1 aliphatic rings. The van der Waals surface area contributed by atoms with Gasteiger partial charge in [-0.3, -0.25) is 0 Å². The maximum Gasteiger partial charge on any atom is 0.261 e. The summed E-state index contributed by atoms with van der Waals surface area (Å²) in [5.41, 5.74) is -1.05. The summed E-state index contributed by atoms with van der Waals surface area (Å²) in [6, 6.07) is 2.37. The minimum atomic E-state index is -4.04. The minimum absolute atomic E-state index is 0.106. The van der Waals surface area contributed by atoms with E-state index < -0.39 is 26.5 Å². The van der Waals surface area contributed by atoms with E-state index in [1.165, 1.54) is 12.3 Å². The van der Waals surface area contributed by atoms with Gasteiger partial charge in [-0.25, -0.2) is 22.5 Å². The molecule has 2 N–H and O–H groups in total. The Morgan fingerprint density at radius 2 is 1.95 bits per heavy atom. The summed E-state index contributed by atoms with van der Waals surface area (Å²) >= 11 is 0. The number of nitrogens with zero attached hydrogens (tertiary/aromatic N) is 1. The van der Waals surface area contributed by atoms with Gasteiger partial charge in [-0.15, -0.1) is 0 Å². The Kier molecular flexibility index (Phi) is 4.72. The summed E-state index contributed by atoms with van der Waals surface area (Å²) in [7, 11) is -4.04. The van der Waals surface area contributed by atoms with Crippen LogP contribution in [0, 0.1) is 5.82 Å². The average Bonchev–Trinajstić information content (AvgIpc) is 2.63. The number of aromatic nitrogens is 1. The van der Waals surface area contributed by atoms with Gasteiger partial charge in [0.1, 0.15) is 0 Å². The van der Waals surface area contributed by atoms with Gasteiger partial charge in [-0.1, -0.05) is 25.7 Å². The van der Waals surface area contributed by atoms with Crippen LogP contribution in [0.5, 0.6) is 0 Å². The van der Waals surface area contributed by atoms with Crippen molar-refractivity contribution in [2.45, 2.75) is 49.2 Å². The number of pyridine rings is 1. The SMILES string of the molecule is O=S(=O)(NCC1(O)CCCCCC1)c1ncccc1F. The van der Waals surface area contributed by atoms with Gasteiger partial charge >= 0.3 is 0 Å². The van der Waals surface area contributed by atoms with E-state index in [2.05, 4.69) is 9.71 Å². The topological polar surface area (TPSA) is 79.3 Å². The molecule has 0 atom stereocenters. The largest absolute Gasteiger partial charge is 0.389 e. The Morgan fingerprint density at radius 1 is 1.30 bits per heavy atom. The van der Waals surface area contributed by atoms with Crippen LogP contribution in [-0.4, -0.2) is 30.7 Å². The summed E-state index contributed by atoms with van der Waals surface area (Å²) in [5, 5.41) is 9.76. The minimum Gasteiger partial charge on any atom is -0.389 e. The Hall–Kier alpha value is -1.05. The van der Waals surface area contributed by atoms with Gasteiger partial charge < -0.3 is 5.11 Å². The van der Waals surface area contributed by atoms with Crippen LogP contribution in [0.2, 0.25) is 0 Å². The molecule has 1 aromatic rings. The zero-order chi connectivity index (χ0) is 14.6. The lowest BCUT2D eigenvalue weighted by Gasteiger charge is -2.26. The summed E-state index contributed by atoms with van der Waals surface area (Å²) < 4.78 is 39.7. The quantitative estimate of drug-likeness (QED) is 0.828. The second kappa shape index (κ2) is 6.15. The van der Waals surface area contributed by atoms with Gasteiger partial charge in [-0.2, -0.15) is 0 Å². The molecule has 1 heterocycles. The zero-order valence-electron chi connectivity index (χ0n) is 11.2. The zero-order valence-corrected chi connectivity index (χ0v) is 12.0. The van der Waals surface area contributed by atoms with Crippen molar-refractivity contribution >= 4 is 10.0 Å². The van der Waals surface area contributed by atoms with Crippen LogP contribution in [0.15, 0.2) is 23.4 Å². The molecule has 1 fully saturated rings. The maximum atomic E-state index is 13.5. The predicted octanol–water partition coefficient (Wildman–Crippen LogP) is 1.58. The molecule has 1 aliphatic carbocycles. The van der Waals surface area contributed by atoms with Crippen molar-refractivity contribution in [2.24, 2.45) is 0 Å². The third kappa shape index (κ3) is 3.74. The molecule has 0 bridgehead atoms. The Morgan fingerprint density at radius 3 is 2.55 bits per heavy atom. The monoisotopic (exact) mass is 302 g/mol. The summed E-state index contributed by atoms with van der Waals surface area (Å²) in [4.78, 5) is 3.55. The molecule has 0 radical (unpaired) electrons. The number of halogens is 1. The maximum absolute atomic E-state index is 13.5. The molecule has 112 valence electrons. The fourth-order valence-electron chi connectivity index (χ4n) is 2.43. The van der Waals surface area contributed by atoms with E-state index in [9.17, 15) is 17.9 Å². The van der Waals surface area contributed by atoms with Crippen LogP contribution in [-0.2, 0) is 10.0 Å². The smallest absolute Gasteiger partial charge is 0.261 e. The van der Waals surface area contributed by atoms with Crippen molar-refractivity contribution in [1.29, 1.82) is 0 Å². The highest BCUT2D eigenvalue weighted by atomic mass is 32.2. The number of nitrogens with one attached hydrogen (secondary N) is 1. The van der Waals surface area contributed by atoms with E-state index in [4.69, 9.17) is 0 Å². The average molecular weight is 302 g/mol. The first-order valence-electron chi connectivity index (χ1n) is 6.76. The third-order valence-electron chi connectivity index (χ3n) is 3.60. The van der Waals surface area contributed by atoms with Crippen LogP contribution in [0.25, 0.3) is 0 Å². The van der Waals surface area contributed by atoms with Gasteiger partial charge in [-0.05, 0) is 25.0 Å². The Balaban J connectivity index is 2.07. The second-order valence-corrected chi connectivity index (χ2v) is 6.94. The number of hydrogen-bond donors (Lipinski definition) is 2. The lowest BCUT2D eigenvalue weighted by atomic mass is 9.95. The van der Waals surface area contributed by atoms with Gasteiger partial charge in [0.2, 0.25) is 5.03 Å². The van der Waals surface area contributed by atoms with Crippen molar-refractivity contribution in [3.05, 3.63) is 24.1 Å². The van der Waals surface area contributed by atoms with Crippen LogP contribution in [0.4, 0.5) is 4.39 Å². The normalized spacial score (nSPS) is 19.5. The van der Waals surface area contributed by atoms with E-state index >= 15 is 0 Å². The molecule has 1 saturated carbocycles. The van der Waals surface area contributed by atoms with Crippen LogP contribution < -0.4 is 4.72 Å². The van der Waals surface area contributed by atoms with Crippen molar-refractivity contribution in [2.75, 3.05) is 6.54 Å².